The molecule has 3 atom stereocenters. The molecule has 0 saturated heterocycles. The topological polar surface area (TPSA) is 377 Å². The van der Waals surface area contributed by atoms with Crippen molar-refractivity contribution in [3.05, 3.63) is 224 Å². The zero-order valence-electron chi connectivity index (χ0n) is 70.7. The second-order valence-corrected chi connectivity index (χ2v) is 37.0. The van der Waals surface area contributed by atoms with Gasteiger partial charge in [-0.3, -0.25) is 19.2 Å². The number of oxime groups is 3. The van der Waals surface area contributed by atoms with Crippen LogP contribution in [0.15, 0.2) is 70.1 Å². The number of benzene rings is 4. The first-order valence-corrected chi connectivity index (χ1v) is 44.7. The molecule has 0 saturated carbocycles. The minimum Gasteiger partial charge on any atom is -0.870 e. The van der Waals surface area contributed by atoms with E-state index in [1.54, 1.807) is 12.4 Å². The maximum absolute atomic E-state index is 13.9. The van der Waals surface area contributed by atoms with Crippen LogP contribution in [0.2, 0.25) is 40.2 Å². The number of ether oxygens (including phenoxy) is 2. The molecule has 15 rings (SSSR count). The van der Waals surface area contributed by atoms with Crippen molar-refractivity contribution in [1.29, 1.82) is 0 Å². The molecular formula is C84H81Cl8F11Li2N8O16S4. The molecule has 0 spiro atoms. The van der Waals surface area contributed by atoms with E-state index in [9.17, 15) is 87.0 Å². The van der Waals surface area contributed by atoms with Crippen LogP contribution in [0.1, 0.15) is 203 Å². The number of methoxy groups -OCH3 is 2. The zero-order valence-corrected chi connectivity index (χ0v) is 80.0. The van der Waals surface area contributed by atoms with Crippen LogP contribution >= 0.6 is 138 Å². The van der Waals surface area contributed by atoms with Crippen molar-refractivity contribution < 1.29 is 165 Å². The van der Waals surface area contributed by atoms with Gasteiger partial charge in [-0.1, -0.05) is 116 Å². The monoisotopic (exact) mass is 2090 g/mol. The Morgan fingerprint density at radius 1 is 0.489 bits per heavy atom. The van der Waals surface area contributed by atoms with E-state index in [0.717, 1.165) is 129 Å². The fourth-order valence-corrected chi connectivity index (χ4v) is 21.7. The zero-order chi connectivity index (χ0) is 94.1. The van der Waals surface area contributed by atoms with Crippen LogP contribution in [0.4, 0.5) is 48.3 Å². The van der Waals surface area contributed by atoms with Gasteiger partial charge in [0.05, 0.1) is 111 Å². The van der Waals surface area contributed by atoms with Gasteiger partial charge in [0.1, 0.15) is 31.8 Å². The average Bonchev–Trinajstić information content (AvgIpc) is 1.62. The molecule has 10 N–H and O–H groups in total. The van der Waals surface area contributed by atoms with Gasteiger partial charge < -0.3 is 66.9 Å². The number of hydroxylamine groups is 1. The first kappa shape index (κ1) is 116. The number of amides is 3. The van der Waals surface area contributed by atoms with Gasteiger partial charge in [0.15, 0.2) is 45.9 Å². The molecule has 0 fully saturated rings. The Morgan fingerprint density at radius 2 is 0.774 bits per heavy atom. The number of nitrogens with one attached hydrogen (secondary N) is 4. The summed E-state index contributed by atoms with van der Waals surface area (Å²) in [6.45, 7) is 3.46. The number of carboxylic acids is 1. The number of rotatable bonds is 20. The van der Waals surface area contributed by atoms with Crippen molar-refractivity contribution in [2.24, 2.45) is 21.2 Å². The molecule has 24 nitrogen and oxygen atoms in total. The third kappa shape index (κ3) is 27.3. The SMILES string of the molecule is C.CC1(c2cc(Cl)c(F)c(Cl)c2)CC(c2sc(C(=O)NCC(=O)NCC(F)F)c3c2CCC3)=NO1.CC1(c2cc(Cl)c(F)c(Cl)c2)CC(c2sc(C(=O)O)c3c2CCC3)=NO1.CNO.COC(=O)c1sc(C(=O)/C=C(/c2cc(Cl)c(F)c(Cl)c2)C(F)(F)F)c2c1CCC2.COC(=O)c1sc(C2=NOC(C)(c3cc(Cl)c(F)c(Cl)c3)C2)c2c1CCC2.NCC(=O)NCC(F)F.[Li+].[Li+].[OH-].[OH-]. The number of halogens is 19. The van der Waals surface area contributed by atoms with E-state index >= 15 is 0 Å². The Balaban J connectivity index is 0.000000298. The minimum absolute atomic E-state index is 0. The molecule has 0 radical (unpaired) electrons. The van der Waals surface area contributed by atoms with Gasteiger partial charge in [0, 0.05) is 43.0 Å². The Labute approximate surface area is 834 Å². The molecule has 49 heteroatoms. The average molecular weight is 2090 g/mol. The van der Waals surface area contributed by atoms with E-state index in [1.807, 2.05) is 24.5 Å². The molecule has 0 bridgehead atoms. The van der Waals surface area contributed by atoms with Crippen molar-refractivity contribution >= 4 is 202 Å². The number of hydrogen-bond donors (Lipinski definition) is 7. The Bertz CT molecular complexity index is 5720. The third-order valence-corrected chi connectivity index (χ3v) is 28.2. The number of carbonyl (C=O) groups excluding carboxylic acids is 6. The van der Waals surface area contributed by atoms with Gasteiger partial charge in [-0.2, -0.15) is 13.2 Å². The molecule has 133 heavy (non-hydrogen) atoms. The first-order valence-electron chi connectivity index (χ1n) is 38.4. The van der Waals surface area contributed by atoms with E-state index in [2.05, 4.69) is 20.8 Å². The number of nitrogens with zero attached hydrogens (tertiary/aromatic N) is 3. The summed E-state index contributed by atoms with van der Waals surface area (Å²) in [6.07, 6.45) is 0.991. The second-order valence-electron chi connectivity index (χ2n) is 29.6. The van der Waals surface area contributed by atoms with Gasteiger partial charge in [-0.15, -0.1) is 45.3 Å². The number of carbonyl (C=O) groups is 7. The van der Waals surface area contributed by atoms with Crippen LogP contribution in [0.3, 0.4) is 0 Å². The molecule has 3 unspecified atom stereocenters. The summed E-state index contributed by atoms with van der Waals surface area (Å²) in [5.74, 6) is -7.53. The summed E-state index contributed by atoms with van der Waals surface area (Å²) in [4.78, 5) is 104. The normalized spacial score (nSPS) is 17.2. The predicted molar refractivity (Wildman–Crippen MR) is 479 cm³/mol. The van der Waals surface area contributed by atoms with Crippen molar-refractivity contribution in [3.63, 3.8) is 0 Å². The van der Waals surface area contributed by atoms with Crippen LogP contribution in [0.25, 0.3) is 5.57 Å². The number of alkyl halides is 7. The Hall–Kier alpha value is -7.14. The van der Waals surface area contributed by atoms with Crippen molar-refractivity contribution in [2.75, 3.05) is 47.4 Å². The summed E-state index contributed by atoms with van der Waals surface area (Å²) in [5.41, 5.74) is 13.4. The molecule has 7 heterocycles. The number of thiophene rings is 4. The van der Waals surface area contributed by atoms with Crippen LogP contribution in [-0.4, -0.2) is 146 Å². The third-order valence-electron chi connectivity index (χ3n) is 20.8. The molecule has 7 aliphatic rings. The molecule has 3 aliphatic heterocycles. The number of carboxylic acid groups (broad SMARTS) is 1. The van der Waals surface area contributed by atoms with E-state index in [0.29, 0.717) is 105 Å². The van der Waals surface area contributed by atoms with Gasteiger partial charge in [0.2, 0.25) is 11.8 Å². The standard InChI is InChI=1S/C22H20Cl2F3N3O3S.C19H12Cl2F4O3S.C19H16Cl2FNO3S.C18H14Cl2FNO3S.C4H8F2N2O.CH5NO.CH4.2Li.2H2O/c1-22(10-5-13(23)18(27)14(24)6-10)7-15(30-33-22)19-11-3-2-4-12(11)20(34-19)21(32)29-9-17(31)28-8-16(25)26;1-28-18(27)17-10-4-2-3-9(10)16(29-17)14(26)7-11(19(23,24)25)8-5-12(20)15(22)13(21)6-8;1-19(9-6-12(20)15(22)13(21)7-9)8-14(23-26-19)16-10-4-3-5-11(10)17(27-16)18(24)25-2;1-18(8-5-11(19)14(21)12(20)6-8)7-13(22-25-18)15-9-3-2-4-10(9)16(26-15)17(23)24;5-3(6)2-8-4(9)1-7;1-2-3;;;;;/h5-6,16H,2-4,7-9H2,1H3,(H,28,31)(H,29,32);5-7H,2-4H2,1H3;6-7H,3-5,8H2,1-2H3;5-6H,2-4,7H2,1H3,(H,23,24);3H,1-2,7H2,(H,8,9);2-3H,1H3;1H4;;;2*1H2/q;;;;;;;2*+1;;/p-2/b;11-7-;;;;;;;;;. The second kappa shape index (κ2) is 49.9. The van der Waals surface area contributed by atoms with Crippen molar-refractivity contribution in [3.8, 4) is 0 Å². The first-order chi connectivity index (χ1) is 60.3. The van der Waals surface area contributed by atoms with Crippen LogP contribution in [-0.2, 0) is 102 Å². The number of ketones is 1. The van der Waals surface area contributed by atoms with Gasteiger partial charge >= 0.3 is 61.8 Å². The van der Waals surface area contributed by atoms with Crippen LogP contribution in [0, 0.1) is 23.3 Å². The minimum atomic E-state index is -4.92. The van der Waals surface area contributed by atoms with Crippen LogP contribution in [0.5, 0.6) is 0 Å². The fraction of sp³-hybridized carbons (Fsp3) is 0.381. The number of nitrogens with two attached hydrogens (primary N) is 1. The quantitative estimate of drug-likeness (QED) is 0.00709. The fourth-order valence-electron chi connectivity index (χ4n) is 14.7. The number of hydrogen-bond acceptors (Lipinski definition) is 24. The molecule has 8 aromatic rings. The molecule has 4 aromatic carbocycles. The summed E-state index contributed by atoms with van der Waals surface area (Å²) in [6, 6.07) is 10.4. The number of aromatic carboxylic acids is 1. The van der Waals surface area contributed by atoms with E-state index in [-0.39, 0.29) is 109 Å². The summed E-state index contributed by atoms with van der Waals surface area (Å²) < 4.78 is 152. The Kier molecular flexibility index (Phi) is 43.7. The Morgan fingerprint density at radius 3 is 1.10 bits per heavy atom. The molecular weight excluding hydrogens is 2010 g/mol. The predicted octanol–water partition coefficient (Wildman–Crippen LogP) is 15.3. The molecule has 4 aromatic heterocycles. The maximum atomic E-state index is 13.9. The van der Waals surface area contributed by atoms with Crippen molar-refractivity contribution in [2.45, 2.75) is 160 Å². The van der Waals surface area contributed by atoms with E-state index < -0.39 is 135 Å². The molecule has 712 valence electrons. The summed E-state index contributed by atoms with van der Waals surface area (Å²) in [5, 5.41) is 34.3. The summed E-state index contributed by atoms with van der Waals surface area (Å²) in [7, 11) is 4.01. The smallest absolute Gasteiger partial charge is 0.870 e. The molecule has 3 amide bonds. The van der Waals surface area contributed by atoms with Gasteiger partial charge in [0.25, 0.3) is 18.8 Å². The van der Waals surface area contributed by atoms with Crippen molar-refractivity contribution in [1.82, 2.24) is 21.4 Å². The van der Waals surface area contributed by atoms with E-state index in [4.69, 9.17) is 128 Å². The van der Waals surface area contributed by atoms with E-state index in [1.165, 1.54) is 91.7 Å². The maximum Gasteiger partial charge on any atom is 1.00 e. The number of allylic oxidation sites excluding steroid dienone is 2. The largest absolute Gasteiger partial charge is 1.00 e. The number of fused-ring (bicyclic) bond motifs is 4. The number of esters is 2. The van der Waals surface area contributed by atoms with Crippen LogP contribution < -0.4 is 64.9 Å². The molecule has 4 aliphatic carbocycles. The van der Waals surface area contributed by atoms with Gasteiger partial charge in [-0.25, -0.2) is 55.0 Å². The van der Waals surface area contributed by atoms with Gasteiger partial charge in [-0.05, 0) is 202 Å². The summed E-state index contributed by atoms with van der Waals surface area (Å²) >= 11 is 51.6.